The van der Waals surface area contributed by atoms with Crippen LogP contribution < -0.4 is 19.9 Å². The predicted octanol–water partition coefficient (Wildman–Crippen LogP) is 2.05. The van der Waals surface area contributed by atoms with Gasteiger partial charge in [0.15, 0.2) is 11.5 Å². The molecule has 25 heavy (non-hydrogen) atoms. The molecule has 1 heterocycles. The lowest BCUT2D eigenvalue weighted by atomic mass is 10.2. The number of benzene rings is 2. The van der Waals surface area contributed by atoms with Crippen LogP contribution in [-0.4, -0.2) is 20.6 Å². The second-order valence-corrected chi connectivity index (χ2v) is 6.53. The highest BCUT2D eigenvalue weighted by molar-refractivity contribution is 7.89. The number of carbonyl (C=O) groups excluding carboxylic acids is 1. The maximum atomic E-state index is 13.8. The van der Waals surface area contributed by atoms with Gasteiger partial charge >= 0.3 is 6.29 Å². The number of ether oxygens (including phenoxy) is 2. The number of sulfonamides is 1. The summed E-state index contributed by atoms with van der Waals surface area (Å²) in [5, 5.41) is 7.17. The summed E-state index contributed by atoms with van der Waals surface area (Å²) in [5.41, 5.74) is -0.583. The SMILES string of the molecule is NS(=O)(=O)c1ccc(F)c(C(=O)Nc2ccc3c(c2)OC(F)(F)O3)c1. The second kappa shape index (κ2) is 5.63. The van der Waals surface area contributed by atoms with Crippen molar-refractivity contribution in [1.82, 2.24) is 0 Å². The first-order chi connectivity index (χ1) is 11.5. The summed E-state index contributed by atoms with van der Waals surface area (Å²) in [4.78, 5) is 11.7. The number of primary sulfonamides is 1. The van der Waals surface area contributed by atoms with E-state index in [-0.39, 0.29) is 17.2 Å². The molecule has 3 rings (SSSR count). The normalized spacial score (nSPS) is 15.0. The van der Waals surface area contributed by atoms with E-state index in [4.69, 9.17) is 5.14 Å². The highest BCUT2D eigenvalue weighted by Gasteiger charge is 2.43. The van der Waals surface area contributed by atoms with Crippen LogP contribution in [0.15, 0.2) is 41.3 Å². The molecule has 7 nitrogen and oxygen atoms in total. The topological polar surface area (TPSA) is 108 Å². The molecule has 11 heteroatoms. The van der Waals surface area contributed by atoms with Crippen LogP contribution in [0.5, 0.6) is 11.5 Å². The minimum absolute atomic E-state index is 0.00505. The molecule has 1 amide bonds. The van der Waals surface area contributed by atoms with E-state index in [1.54, 1.807) is 0 Å². The summed E-state index contributed by atoms with van der Waals surface area (Å²) >= 11 is 0. The van der Waals surface area contributed by atoms with Gasteiger partial charge in [-0.3, -0.25) is 4.79 Å². The molecule has 1 aliphatic rings. The molecule has 0 saturated heterocycles. The number of hydrogen-bond donors (Lipinski definition) is 2. The Morgan fingerprint density at radius 2 is 1.76 bits per heavy atom. The smallest absolute Gasteiger partial charge is 0.395 e. The number of amides is 1. The highest BCUT2D eigenvalue weighted by atomic mass is 32.2. The summed E-state index contributed by atoms with van der Waals surface area (Å²) in [5.74, 6) is -2.54. The molecular weight excluding hydrogens is 365 g/mol. The van der Waals surface area contributed by atoms with Crippen molar-refractivity contribution in [3.8, 4) is 11.5 Å². The van der Waals surface area contributed by atoms with E-state index in [9.17, 15) is 26.4 Å². The number of alkyl halides is 2. The zero-order valence-corrected chi connectivity index (χ0v) is 12.9. The molecule has 0 radical (unpaired) electrons. The van der Waals surface area contributed by atoms with Crippen LogP contribution in [0.1, 0.15) is 10.4 Å². The van der Waals surface area contributed by atoms with Crippen LogP contribution in [0.2, 0.25) is 0 Å². The molecule has 0 spiro atoms. The lowest BCUT2D eigenvalue weighted by molar-refractivity contribution is -0.286. The summed E-state index contributed by atoms with van der Waals surface area (Å²) in [6, 6.07) is 5.85. The molecular formula is C14H9F3N2O5S. The van der Waals surface area contributed by atoms with E-state index < -0.39 is 38.5 Å². The summed E-state index contributed by atoms with van der Waals surface area (Å²) in [7, 11) is -4.14. The molecule has 0 aromatic heterocycles. The fourth-order valence-electron chi connectivity index (χ4n) is 2.08. The van der Waals surface area contributed by atoms with Crippen molar-refractivity contribution in [1.29, 1.82) is 0 Å². The van der Waals surface area contributed by atoms with Gasteiger partial charge in [-0.2, -0.15) is 0 Å². The minimum atomic E-state index is -4.14. The van der Waals surface area contributed by atoms with Gasteiger partial charge in [0.1, 0.15) is 5.82 Å². The predicted molar refractivity (Wildman–Crippen MR) is 78.4 cm³/mol. The van der Waals surface area contributed by atoms with Crippen molar-refractivity contribution in [2.45, 2.75) is 11.2 Å². The lowest BCUT2D eigenvalue weighted by Gasteiger charge is -2.08. The third kappa shape index (κ3) is 3.51. The first-order valence-electron chi connectivity index (χ1n) is 6.59. The van der Waals surface area contributed by atoms with Gasteiger partial charge in [0.2, 0.25) is 10.0 Å². The number of fused-ring (bicyclic) bond motifs is 1. The van der Waals surface area contributed by atoms with Crippen LogP contribution in [-0.2, 0) is 10.0 Å². The Balaban J connectivity index is 1.87. The maximum absolute atomic E-state index is 13.8. The number of halogens is 3. The van der Waals surface area contributed by atoms with Crippen LogP contribution in [0.4, 0.5) is 18.9 Å². The van der Waals surface area contributed by atoms with E-state index in [2.05, 4.69) is 14.8 Å². The molecule has 0 atom stereocenters. The maximum Gasteiger partial charge on any atom is 0.586 e. The van der Waals surface area contributed by atoms with Gasteiger partial charge in [0, 0.05) is 11.8 Å². The Hall–Kier alpha value is -2.79. The van der Waals surface area contributed by atoms with Crippen molar-refractivity contribution in [2.24, 2.45) is 5.14 Å². The Kier molecular flexibility index (Phi) is 3.84. The average molecular weight is 374 g/mol. The van der Waals surface area contributed by atoms with E-state index in [1.165, 1.54) is 6.07 Å². The van der Waals surface area contributed by atoms with Gasteiger partial charge in [0.25, 0.3) is 5.91 Å². The van der Waals surface area contributed by atoms with Gasteiger partial charge < -0.3 is 14.8 Å². The third-order valence-corrected chi connectivity index (χ3v) is 4.08. The van der Waals surface area contributed by atoms with Crippen LogP contribution >= 0.6 is 0 Å². The number of rotatable bonds is 3. The van der Waals surface area contributed by atoms with Crippen molar-refractivity contribution >= 4 is 21.6 Å². The van der Waals surface area contributed by atoms with Crippen LogP contribution in [0, 0.1) is 5.82 Å². The Morgan fingerprint density at radius 1 is 1.08 bits per heavy atom. The van der Waals surface area contributed by atoms with E-state index in [0.717, 1.165) is 30.3 Å². The standard InChI is InChI=1S/C14H9F3N2O5S/c15-10-3-2-8(25(18,21)22)6-9(10)13(20)19-7-1-4-11-12(5-7)24-14(16,17)23-11/h1-6H,(H,19,20)(H2,18,21,22). The Bertz CT molecular complexity index is 978. The van der Waals surface area contributed by atoms with E-state index >= 15 is 0 Å². The van der Waals surface area contributed by atoms with Crippen LogP contribution in [0.25, 0.3) is 0 Å². The molecule has 0 saturated carbocycles. The molecule has 0 fully saturated rings. The molecule has 0 aliphatic carbocycles. The van der Waals surface area contributed by atoms with E-state index in [0.29, 0.717) is 0 Å². The molecule has 0 bridgehead atoms. The lowest BCUT2D eigenvalue weighted by Crippen LogP contribution is -2.25. The minimum Gasteiger partial charge on any atom is -0.395 e. The number of nitrogens with one attached hydrogen (secondary N) is 1. The van der Waals surface area contributed by atoms with Gasteiger partial charge in [-0.1, -0.05) is 0 Å². The third-order valence-electron chi connectivity index (χ3n) is 3.17. The van der Waals surface area contributed by atoms with Crippen molar-refractivity contribution < 1.29 is 35.9 Å². The van der Waals surface area contributed by atoms with Crippen molar-refractivity contribution in [3.05, 3.63) is 47.8 Å². The Morgan fingerprint density at radius 3 is 2.44 bits per heavy atom. The summed E-state index contributed by atoms with van der Waals surface area (Å²) in [6.07, 6.45) is -3.82. The van der Waals surface area contributed by atoms with Crippen molar-refractivity contribution in [3.63, 3.8) is 0 Å². The summed E-state index contributed by atoms with van der Waals surface area (Å²) in [6.45, 7) is 0. The summed E-state index contributed by atoms with van der Waals surface area (Å²) < 4.78 is 70.7. The van der Waals surface area contributed by atoms with Gasteiger partial charge in [-0.25, -0.2) is 17.9 Å². The fraction of sp³-hybridized carbons (Fsp3) is 0.0714. The molecule has 1 aliphatic heterocycles. The average Bonchev–Trinajstić information content (AvgIpc) is 2.79. The first kappa shape index (κ1) is 17.0. The van der Waals surface area contributed by atoms with Gasteiger partial charge in [-0.05, 0) is 30.3 Å². The quantitative estimate of drug-likeness (QED) is 0.855. The number of carbonyl (C=O) groups is 1. The zero-order valence-electron chi connectivity index (χ0n) is 12.1. The Labute approximate surface area is 139 Å². The monoisotopic (exact) mass is 374 g/mol. The second-order valence-electron chi connectivity index (χ2n) is 4.97. The zero-order chi connectivity index (χ0) is 18.4. The van der Waals surface area contributed by atoms with Crippen LogP contribution in [0.3, 0.4) is 0 Å². The first-order valence-corrected chi connectivity index (χ1v) is 8.13. The fourth-order valence-corrected chi connectivity index (χ4v) is 2.62. The molecule has 3 N–H and O–H groups in total. The number of anilines is 1. The molecule has 2 aromatic rings. The van der Waals surface area contributed by atoms with Gasteiger partial charge in [0.05, 0.1) is 10.5 Å². The molecule has 0 unspecified atom stereocenters. The number of hydrogen-bond acceptors (Lipinski definition) is 5. The highest BCUT2D eigenvalue weighted by Crippen LogP contribution is 2.42. The largest absolute Gasteiger partial charge is 0.586 e. The molecule has 2 aromatic carbocycles. The molecule has 132 valence electrons. The number of nitrogens with two attached hydrogens (primary N) is 1. The van der Waals surface area contributed by atoms with Crippen molar-refractivity contribution in [2.75, 3.05) is 5.32 Å². The van der Waals surface area contributed by atoms with E-state index in [1.807, 2.05) is 0 Å². The van der Waals surface area contributed by atoms with Gasteiger partial charge in [-0.15, -0.1) is 8.78 Å².